The van der Waals surface area contributed by atoms with Gasteiger partial charge < -0.3 is 10.1 Å². The SMILES string of the molecule is CCOCc1nc(NC)c2ccsc2n1. The quantitative estimate of drug-likeness (QED) is 0.863. The number of aromatic nitrogens is 2. The minimum absolute atomic E-state index is 0.471. The first-order valence-electron chi connectivity index (χ1n) is 4.84. The normalized spacial score (nSPS) is 10.8. The maximum absolute atomic E-state index is 5.30. The number of anilines is 1. The fourth-order valence-corrected chi connectivity index (χ4v) is 2.13. The van der Waals surface area contributed by atoms with E-state index in [0.29, 0.717) is 13.2 Å². The zero-order valence-corrected chi connectivity index (χ0v) is 9.60. The van der Waals surface area contributed by atoms with Gasteiger partial charge in [-0.15, -0.1) is 11.3 Å². The molecule has 0 saturated heterocycles. The van der Waals surface area contributed by atoms with E-state index in [0.717, 1.165) is 21.9 Å². The number of ether oxygens (including phenoxy) is 1. The molecule has 0 aromatic carbocycles. The third-order valence-electron chi connectivity index (χ3n) is 2.04. The molecule has 0 aliphatic carbocycles. The topological polar surface area (TPSA) is 47.0 Å². The van der Waals surface area contributed by atoms with Crippen molar-refractivity contribution in [2.45, 2.75) is 13.5 Å². The van der Waals surface area contributed by atoms with E-state index < -0.39 is 0 Å². The van der Waals surface area contributed by atoms with Gasteiger partial charge in [-0.25, -0.2) is 9.97 Å². The van der Waals surface area contributed by atoms with E-state index in [1.165, 1.54) is 0 Å². The average Bonchev–Trinajstić information content (AvgIpc) is 2.73. The highest BCUT2D eigenvalue weighted by Crippen LogP contribution is 2.24. The second-order valence-corrected chi connectivity index (χ2v) is 3.91. The molecule has 0 amide bonds. The summed E-state index contributed by atoms with van der Waals surface area (Å²) in [6.07, 6.45) is 0. The van der Waals surface area contributed by atoms with Crippen molar-refractivity contribution in [3.63, 3.8) is 0 Å². The molecule has 0 bridgehead atoms. The largest absolute Gasteiger partial charge is 0.374 e. The van der Waals surface area contributed by atoms with Crippen molar-refractivity contribution in [3.8, 4) is 0 Å². The Morgan fingerprint density at radius 3 is 3.07 bits per heavy atom. The number of nitrogens with zero attached hydrogens (tertiary/aromatic N) is 2. The molecule has 1 N–H and O–H groups in total. The van der Waals surface area contributed by atoms with Crippen LogP contribution in [0.1, 0.15) is 12.7 Å². The van der Waals surface area contributed by atoms with Crippen molar-refractivity contribution in [3.05, 3.63) is 17.3 Å². The fourth-order valence-electron chi connectivity index (χ4n) is 1.35. The highest BCUT2D eigenvalue weighted by Gasteiger charge is 2.07. The lowest BCUT2D eigenvalue weighted by molar-refractivity contribution is 0.128. The van der Waals surface area contributed by atoms with Gasteiger partial charge in [0.15, 0.2) is 5.82 Å². The Balaban J connectivity index is 2.40. The van der Waals surface area contributed by atoms with Gasteiger partial charge in [0.1, 0.15) is 17.3 Å². The molecule has 0 fully saturated rings. The number of hydrogen-bond acceptors (Lipinski definition) is 5. The van der Waals surface area contributed by atoms with Crippen molar-refractivity contribution in [1.82, 2.24) is 9.97 Å². The maximum Gasteiger partial charge on any atom is 0.158 e. The van der Waals surface area contributed by atoms with E-state index in [1.807, 2.05) is 25.4 Å². The molecule has 0 unspecified atom stereocenters. The van der Waals surface area contributed by atoms with Gasteiger partial charge >= 0.3 is 0 Å². The Morgan fingerprint density at radius 1 is 1.47 bits per heavy atom. The van der Waals surface area contributed by atoms with Gasteiger partial charge in [0.25, 0.3) is 0 Å². The Hall–Kier alpha value is -1.20. The van der Waals surface area contributed by atoms with Crippen LogP contribution in [0, 0.1) is 0 Å². The van der Waals surface area contributed by atoms with Crippen LogP contribution in [-0.4, -0.2) is 23.6 Å². The van der Waals surface area contributed by atoms with Crippen LogP contribution in [0.15, 0.2) is 11.4 Å². The number of hydrogen-bond donors (Lipinski definition) is 1. The molecule has 0 aliphatic rings. The fraction of sp³-hybridized carbons (Fsp3) is 0.400. The molecule has 80 valence electrons. The van der Waals surface area contributed by atoms with E-state index in [-0.39, 0.29) is 0 Å². The number of fused-ring (bicyclic) bond motifs is 1. The van der Waals surface area contributed by atoms with Gasteiger partial charge in [0, 0.05) is 13.7 Å². The molecule has 0 spiro atoms. The van der Waals surface area contributed by atoms with Crippen molar-refractivity contribution in [2.24, 2.45) is 0 Å². The van der Waals surface area contributed by atoms with Gasteiger partial charge in [0.2, 0.25) is 0 Å². The molecule has 2 aromatic rings. The van der Waals surface area contributed by atoms with Gasteiger partial charge in [-0.05, 0) is 18.4 Å². The molecule has 4 nitrogen and oxygen atoms in total. The number of nitrogens with one attached hydrogen (secondary N) is 1. The standard InChI is InChI=1S/C10H13N3OS/c1-3-14-6-8-12-9(11-2)7-4-5-15-10(7)13-8/h4-5H,3,6H2,1-2H3,(H,11,12,13). The number of thiophene rings is 1. The van der Waals surface area contributed by atoms with E-state index in [4.69, 9.17) is 4.74 Å². The monoisotopic (exact) mass is 223 g/mol. The molecular weight excluding hydrogens is 210 g/mol. The lowest BCUT2D eigenvalue weighted by Gasteiger charge is -2.04. The van der Waals surface area contributed by atoms with Crippen molar-refractivity contribution in [1.29, 1.82) is 0 Å². The van der Waals surface area contributed by atoms with Crippen LogP contribution in [0.5, 0.6) is 0 Å². The van der Waals surface area contributed by atoms with Crippen LogP contribution >= 0.6 is 11.3 Å². The second-order valence-electron chi connectivity index (χ2n) is 3.02. The Labute approximate surface area is 92.3 Å². The van der Waals surface area contributed by atoms with Gasteiger partial charge in [0.05, 0.1) is 5.39 Å². The van der Waals surface area contributed by atoms with Gasteiger partial charge in [-0.3, -0.25) is 0 Å². The molecule has 2 heterocycles. The van der Waals surface area contributed by atoms with Crippen LogP contribution < -0.4 is 5.32 Å². The first-order valence-corrected chi connectivity index (χ1v) is 5.72. The van der Waals surface area contributed by atoms with Crippen LogP contribution in [0.4, 0.5) is 5.82 Å². The van der Waals surface area contributed by atoms with E-state index >= 15 is 0 Å². The van der Waals surface area contributed by atoms with Crippen LogP contribution in [0.3, 0.4) is 0 Å². The first-order chi connectivity index (χ1) is 7.35. The summed E-state index contributed by atoms with van der Waals surface area (Å²) in [6.45, 7) is 3.11. The summed E-state index contributed by atoms with van der Waals surface area (Å²) in [6, 6.07) is 2.02. The Kier molecular flexibility index (Phi) is 3.13. The molecule has 0 aliphatic heterocycles. The molecule has 5 heteroatoms. The van der Waals surface area contributed by atoms with Crippen LogP contribution in [0.25, 0.3) is 10.2 Å². The van der Waals surface area contributed by atoms with Crippen molar-refractivity contribution >= 4 is 27.4 Å². The molecule has 15 heavy (non-hydrogen) atoms. The highest BCUT2D eigenvalue weighted by atomic mass is 32.1. The summed E-state index contributed by atoms with van der Waals surface area (Å²) < 4.78 is 5.30. The molecule has 2 aromatic heterocycles. The summed E-state index contributed by atoms with van der Waals surface area (Å²) in [5.74, 6) is 1.60. The highest BCUT2D eigenvalue weighted by molar-refractivity contribution is 7.16. The first kappa shape index (κ1) is 10.3. The third kappa shape index (κ3) is 2.08. The van der Waals surface area contributed by atoms with E-state index in [9.17, 15) is 0 Å². The Morgan fingerprint density at radius 2 is 2.33 bits per heavy atom. The smallest absolute Gasteiger partial charge is 0.158 e. The molecule has 0 saturated carbocycles. The van der Waals surface area contributed by atoms with E-state index in [1.54, 1.807) is 11.3 Å². The Bertz CT molecular complexity index is 455. The lowest BCUT2D eigenvalue weighted by Crippen LogP contribution is -2.02. The average molecular weight is 223 g/mol. The summed E-state index contributed by atoms with van der Waals surface area (Å²) in [5, 5.41) is 6.16. The summed E-state index contributed by atoms with van der Waals surface area (Å²) in [4.78, 5) is 9.82. The van der Waals surface area contributed by atoms with Gasteiger partial charge in [-0.2, -0.15) is 0 Å². The summed E-state index contributed by atoms with van der Waals surface area (Å²) >= 11 is 1.62. The minimum atomic E-state index is 0.471. The zero-order chi connectivity index (χ0) is 10.7. The molecule has 2 rings (SSSR count). The molecule has 0 atom stereocenters. The lowest BCUT2D eigenvalue weighted by atomic mass is 10.4. The predicted octanol–water partition coefficient (Wildman–Crippen LogP) is 2.27. The molecular formula is C10H13N3OS. The zero-order valence-electron chi connectivity index (χ0n) is 8.78. The molecule has 0 radical (unpaired) electrons. The minimum Gasteiger partial charge on any atom is -0.374 e. The predicted molar refractivity (Wildman–Crippen MR) is 62.3 cm³/mol. The van der Waals surface area contributed by atoms with Crippen molar-refractivity contribution < 1.29 is 4.74 Å². The van der Waals surface area contributed by atoms with Crippen LogP contribution in [-0.2, 0) is 11.3 Å². The van der Waals surface area contributed by atoms with Crippen LogP contribution in [0.2, 0.25) is 0 Å². The van der Waals surface area contributed by atoms with Crippen molar-refractivity contribution in [2.75, 3.05) is 19.0 Å². The maximum atomic E-state index is 5.30. The number of rotatable bonds is 4. The summed E-state index contributed by atoms with van der Waals surface area (Å²) in [5.41, 5.74) is 0. The summed E-state index contributed by atoms with van der Waals surface area (Å²) in [7, 11) is 1.86. The third-order valence-corrected chi connectivity index (χ3v) is 2.85. The second kappa shape index (κ2) is 4.55. The van der Waals surface area contributed by atoms with E-state index in [2.05, 4.69) is 15.3 Å². The van der Waals surface area contributed by atoms with Gasteiger partial charge in [-0.1, -0.05) is 0 Å².